The zero-order chi connectivity index (χ0) is 17.1. The molecule has 2 spiro atoms. The number of ether oxygens (including phenoxy) is 5. The Hall–Kier alpha value is -0.280. The van der Waals surface area contributed by atoms with Gasteiger partial charge in [0.25, 0.3) is 0 Å². The Kier molecular flexibility index (Phi) is 3.95. The summed E-state index contributed by atoms with van der Waals surface area (Å²) in [4.78, 5) is 0. The third kappa shape index (κ3) is 2.67. The number of hydrogen-bond donors (Lipinski definition) is 2. The van der Waals surface area contributed by atoms with E-state index < -0.39 is 42.0 Å². The van der Waals surface area contributed by atoms with Gasteiger partial charge in [-0.1, -0.05) is 12.8 Å². The van der Waals surface area contributed by atoms with Gasteiger partial charge < -0.3 is 33.9 Å². The first kappa shape index (κ1) is 16.9. The van der Waals surface area contributed by atoms with Crippen molar-refractivity contribution in [2.45, 2.75) is 106 Å². The smallest absolute Gasteiger partial charge is 0.225 e. The van der Waals surface area contributed by atoms with Crippen LogP contribution in [0, 0.1) is 0 Å². The van der Waals surface area contributed by atoms with E-state index in [0.717, 1.165) is 57.8 Å². The molecule has 5 fully saturated rings. The molecule has 0 radical (unpaired) electrons. The Bertz CT molecular complexity index is 510. The van der Waals surface area contributed by atoms with E-state index in [1.807, 2.05) is 0 Å². The molecule has 142 valence electrons. The monoisotopic (exact) mass is 356 g/mol. The molecule has 5 rings (SSSR count). The zero-order valence-electron chi connectivity index (χ0n) is 14.5. The number of rotatable bonds is 1. The third-order valence-electron chi connectivity index (χ3n) is 6.48. The average Bonchev–Trinajstić information content (AvgIpc) is 3.22. The van der Waals surface area contributed by atoms with Crippen molar-refractivity contribution < 1.29 is 33.9 Å². The molecule has 7 nitrogen and oxygen atoms in total. The second kappa shape index (κ2) is 5.86. The van der Waals surface area contributed by atoms with Gasteiger partial charge in [-0.25, -0.2) is 0 Å². The van der Waals surface area contributed by atoms with Crippen molar-refractivity contribution in [3.05, 3.63) is 0 Å². The van der Waals surface area contributed by atoms with Crippen molar-refractivity contribution in [1.82, 2.24) is 0 Å². The van der Waals surface area contributed by atoms with Gasteiger partial charge in [0.2, 0.25) is 5.79 Å². The van der Waals surface area contributed by atoms with Crippen LogP contribution in [-0.4, -0.2) is 58.8 Å². The van der Waals surface area contributed by atoms with E-state index in [1.54, 1.807) is 0 Å². The minimum atomic E-state index is -2.14. The highest BCUT2D eigenvalue weighted by atomic mass is 16.9. The minimum Gasteiger partial charge on any atom is -0.361 e. The lowest BCUT2D eigenvalue weighted by molar-refractivity contribution is -0.311. The summed E-state index contributed by atoms with van der Waals surface area (Å²) in [5.74, 6) is -3.43. The Balaban J connectivity index is 1.29. The first-order valence-corrected chi connectivity index (χ1v) is 9.80. The SMILES string of the molecule is OC1(O)C(C2COC3(CCCCC3)O2)OC2OC3(CCCCC3)OC21. The molecule has 25 heavy (non-hydrogen) atoms. The number of fused-ring (bicyclic) bond motifs is 1. The molecule has 0 aromatic rings. The number of aliphatic hydroxyl groups is 2. The fraction of sp³-hybridized carbons (Fsp3) is 1.00. The quantitative estimate of drug-likeness (QED) is 0.689. The highest BCUT2D eigenvalue weighted by molar-refractivity contribution is 5.04. The summed E-state index contributed by atoms with van der Waals surface area (Å²) in [7, 11) is 0. The van der Waals surface area contributed by atoms with Crippen LogP contribution in [0.5, 0.6) is 0 Å². The van der Waals surface area contributed by atoms with E-state index in [4.69, 9.17) is 23.7 Å². The first-order chi connectivity index (χ1) is 12.0. The van der Waals surface area contributed by atoms with Crippen LogP contribution in [0.25, 0.3) is 0 Å². The van der Waals surface area contributed by atoms with E-state index >= 15 is 0 Å². The maximum atomic E-state index is 10.8. The molecule has 3 heterocycles. The normalized spacial score (nSPS) is 44.4. The molecule has 7 heteroatoms. The van der Waals surface area contributed by atoms with Crippen molar-refractivity contribution in [2.24, 2.45) is 0 Å². The lowest BCUT2D eigenvalue weighted by Gasteiger charge is -2.37. The van der Waals surface area contributed by atoms with Crippen molar-refractivity contribution in [1.29, 1.82) is 0 Å². The fourth-order valence-electron chi connectivity index (χ4n) is 5.15. The molecule has 4 atom stereocenters. The predicted octanol–water partition coefficient (Wildman–Crippen LogP) is 1.54. The van der Waals surface area contributed by atoms with Gasteiger partial charge in [0, 0.05) is 25.7 Å². The van der Waals surface area contributed by atoms with E-state index in [1.165, 1.54) is 6.42 Å². The van der Waals surface area contributed by atoms with Crippen LogP contribution in [0.1, 0.15) is 64.2 Å². The van der Waals surface area contributed by atoms with Crippen molar-refractivity contribution >= 4 is 0 Å². The molecular weight excluding hydrogens is 328 g/mol. The van der Waals surface area contributed by atoms with E-state index in [-0.39, 0.29) is 0 Å². The van der Waals surface area contributed by atoms with Crippen molar-refractivity contribution in [3.63, 3.8) is 0 Å². The summed E-state index contributed by atoms with van der Waals surface area (Å²) in [5.41, 5.74) is 0. The third-order valence-corrected chi connectivity index (χ3v) is 6.48. The van der Waals surface area contributed by atoms with Gasteiger partial charge in [-0.15, -0.1) is 0 Å². The first-order valence-electron chi connectivity index (χ1n) is 9.80. The summed E-state index contributed by atoms with van der Waals surface area (Å²) in [6.45, 7) is 0.304. The lowest BCUT2D eigenvalue weighted by atomic mass is 9.94. The second-order valence-corrected chi connectivity index (χ2v) is 8.27. The Labute approximate surface area is 147 Å². The standard InChI is InChI=1S/C18H28O7/c19-18(20)13(12-11-21-16(23-12)7-3-1-4-8-16)22-15-14(18)24-17(25-15)9-5-2-6-10-17/h12-15,19-20H,1-11H2. The van der Waals surface area contributed by atoms with Crippen LogP contribution < -0.4 is 0 Å². The molecule has 0 bridgehead atoms. The molecular formula is C18H28O7. The summed E-state index contributed by atoms with van der Waals surface area (Å²) >= 11 is 0. The van der Waals surface area contributed by atoms with Crippen LogP contribution in [0.3, 0.4) is 0 Å². The summed E-state index contributed by atoms with van der Waals surface area (Å²) in [6, 6.07) is 0. The lowest BCUT2D eigenvalue weighted by Crippen LogP contribution is -2.54. The minimum absolute atomic E-state index is 0.304. The Morgan fingerprint density at radius 3 is 1.96 bits per heavy atom. The summed E-state index contributed by atoms with van der Waals surface area (Å²) in [5, 5.41) is 21.6. The molecule has 5 aliphatic rings. The summed E-state index contributed by atoms with van der Waals surface area (Å²) in [6.07, 6.45) is 6.68. The number of hydrogen-bond acceptors (Lipinski definition) is 7. The van der Waals surface area contributed by atoms with Crippen molar-refractivity contribution in [3.8, 4) is 0 Å². The van der Waals surface area contributed by atoms with Gasteiger partial charge in [0.05, 0.1) is 6.61 Å². The highest BCUT2D eigenvalue weighted by Crippen LogP contribution is 2.50. The molecule has 2 saturated carbocycles. The van der Waals surface area contributed by atoms with Crippen LogP contribution in [0.4, 0.5) is 0 Å². The van der Waals surface area contributed by atoms with Crippen LogP contribution in [0.2, 0.25) is 0 Å². The Morgan fingerprint density at radius 1 is 0.680 bits per heavy atom. The van der Waals surface area contributed by atoms with E-state index in [2.05, 4.69) is 0 Å². The second-order valence-electron chi connectivity index (χ2n) is 8.27. The van der Waals surface area contributed by atoms with Gasteiger partial charge in [0.1, 0.15) is 12.2 Å². The van der Waals surface area contributed by atoms with Crippen molar-refractivity contribution in [2.75, 3.05) is 6.61 Å². The topological polar surface area (TPSA) is 86.6 Å². The van der Waals surface area contributed by atoms with Crippen LogP contribution >= 0.6 is 0 Å². The van der Waals surface area contributed by atoms with Gasteiger partial charge in [-0.05, 0) is 25.7 Å². The van der Waals surface area contributed by atoms with Gasteiger partial charge in [-0.3, -0.25) is 0 Å². The molecule has 0 aromatic heterocycles. The van der Waals surface area contributed by atoms with Crippen LogP contribution in [-0.2, 0) is 23.7 Å². The van der Waals surface area contributed by atoms with E-state index in [9.17, 15) is 10.2 Å². The van der Waals surface area contributed by atoms with E-state index in [0.29, 0.717) is 6.61 Å². The predicted molar refractivity (Wildman–Crippen MR) is 84.2 cm³/mol. The maximum Gasteiger partial charge on any atom is 0.225 e. The maximum absolute atomic E-state index is 10.8. The molecule has 2 N–H and O–H groups in total. The molecule has 4 unspecified atom stereocenters. The van der Waals surface area contributed by atoms with Gasteiger partial charge >= 0.3 is 0 Å². The zero-order valence-corrected chi connectivity index (χ0v) is 14.5. The van der Waals surface area contributed by atoms with Gasteiger partial charge in [0.15, 0.2) is 24.0 Å². The van der Waals surface area contributed by atoms with Crippen LogP contribution in [0.15, 0.2) is 0 Å². The largest absolute Gasteiger partial charge is 0.361 e. The summed E-state index contributed by atoms with van der Waals surface area (Å²) < 4.78 is 30.0. The molecule has 3 saturated heterocycles. The molecule has 0 amide bonds. The Morgan fingerprint density at radius 2 is 1.32 bits per heavy atom. The average molecular weight is 356 g/mol. The molecule has 3 aliphatic heterocycles. The van der Waals surface area contributed by atoms with Gasteiger partial charge in [-0.2, -0.15) is 0 Å². The molecule has 2 aliphatic carbocycles. The highest BCUT2D eigenvalue weighted by Gasteiger charge is 2.67. The molecule has 0 aromatic carbocycles. The fourth-order valence-corrected chi connectivity index (χ4v) is 5.15.